The summed E-state index contributed by atoms with van der Waals surface area (Å²) in [4.78, 5) is 7.77. The van der Waals surface area contributed by atoms with E-state index in [2.05, 4.69) is 172 Å². The zero-order valence-corrected chi connectivity index (χ0v) is 26.3. The van der Waals surface area contributed by atoms with E-state index in [1.165, 1.54) is 81.6 Å². The lowest BCUT2D eigenvalue weighted by atomic mass is 10.0. The monoisotopic (exact) mass is 622 g/mol. The fraction of sp³-hybridized carbons (Fsp3) is 0. The first-order valence-corrected chi connectivity index (χ1v) is 16.8. The molecule has 12 aromatic rings. The van der Waals surface area contributed by atoms with E-state index in [1.807, 2.05) is 0 Å². The molecular formula is C45H26N4. The van der Waals surface area contributed by atoms with Gasteiger partial charge in [0.1, 0.15) is 5.65 Å². The van der Waals surface area contributed by atoms with Crippen molar-refractivity contribution in [3.05, 3.63) is 158 Å². The second-order valence-electron chi connectivity index (χ2n) is 13.2. The van der Waals surface area contributed by atoms with Crippen LogP contribution in [0.2, 0.25) is 0 Å². The molecular weight excluding hydrogens is 597 g/mol. The number of para-hydroxylation sites is 5. The third-order valence-electron chi connectivity index (χ3n) is 10.7. The standard InChI is InChI=1S/C45H26N4/c1-3-14-28(15-4-1)47(29-16-5-2-6-17-29)43-30-18-8-7-13-27(30)25-36-33-21-12-22-34-39-38(48(41(33)34)44(36)43)26-46-45-40(39)35-23-11-20-32-31-19-9-10-24-37(31)49(45)42(32)35/h1-26H. The van der Waals surface area contributed by atoms with E-state index in [0.717, 1.165) is 22.5 Å². The Kier molecular flexibility index (Phi) is 4.69. The van der Waals surface area contributed by atoms with Gasteiger partial charge in [-0.2, -0.15) is 0 Å². The van der Waals surface area contributed by atoms with E-state index in [0.29, 0.717) is 0 Å². The maximum atomic E-state index is 5.33. The van der Waals surface area contributed by atoms with Crippen LogP contribution in [0.1, 0.15) is 0 Å². The highest BCUT2D eigenvalue weighted by atomic mass is 15.2. The molecule has 0 fully saturated rings. The topological polar surface area (TPSA) is 24.9 Å². The number of hydrogen-bond acceptors (Lipinski definition) is 2. The first-order chi connectivity index (χ1) is 24.4. The van der Waals surface area contributed by atoms with Crippen LogP contribution in [-0.4, -0.2) is 13.8 Å². The van der Waals surface area contributed by atoms with Crippen LogP contribution >= 0.6 is 0 Å². The average Bonchev–Trinajstić information content (AvgIpc) is 3.89. The van der Waals surface area contributed by atoms with E-state index in [9.17, 15) is 0 Å². The van der Waals surface area contributed by atoms with Crippen molar-refractivity contribution in [2.24, 2.45) is 0 Å². The Morgan fingerprint density at radius 2 is 0.980 bits per heavy atom. The highest BCUT2D eigenvalue weighted by molar-refractivity contribution is 6.36. The molecule has 0 atom stereocenters. The van der Waals surface area contributed by atoms with E-state index in [-0.39, 0.29) is 0 Å². The highest BCUT2D eigenvalue weighted by Crippen LogP contribution is 2.50. The minimum atomic E-state index is 1.01. The van der Waals surface area contributed by atoms with Crippen LogP contribution in [0.25, 0.3) is 87.1 Å². The molecule has 0 N–H and O–H groups in total. The fourth-order valence-electron chi connectivity index (χ4n) is 8.89. The normalized spacial score (nSPS) is 12.5. The smallest absolute Gasteiger partial charge is 0.146 e. The van der Waals surface area contributed by atoms with Crippen LogP contribution in [-0.2, 0) is 0 Å². The van der Waals surface area contributed by atoms with Crippen molar-refractivity contribution in [1.29, 1.82) is 0 Å². The molecule has 0 radical (unpaired) electrons. The highest BCUT2D eigenvalue weighted by Gasteiger charge is 2.28. The van der Waals surface area contributed by atoms with Crippen molar-refractivity contribution < 1.29 is 0 Å². The maximum Gasteiger partial charge on any atom is 0.146 e. The Labute approximate surface area is 279 Å². The van der Waals surface area contributed by atoms with Crippen LogP contribution in [0.5, 0.6) is 0 Å². The third kappa shape index (κ3) is 3.07. The summed E-state index contributed by atoms with van der Waals surface area (Å²) >= 11 is 0. The maximum absolute atomic E-state index is 5.33. The molecule has 226 valence electrons. The zero-order chi connectivity index (χ0) is 31.8. The van der Waals surface area contributed by atoms with Crippen molar-refractivity contribution in [3.63, 3.8) is 0 Å². The van der Waals surface area contributed by atoms with E-state index in [1.54, 1.807) is 0 Å². The van der Waals surface area contributed by atoms with Gasteiger partial charge in [-0.25, -0.2) is 4.98 Å². The van der Waals surface area contributed by atoms with Gasteiger partial charge in [-0.1, -0.05) is 115 Å². The second kappa shape index (κ2) is 9.03. The predicted octanol–water partition coefficient (Wildman–Crippen LogP) is 12.0. The van der Waals surface area contributed by atoms with Gasteiger partial charge in [0.25, 0.3) is 0 Å². The summed E-state index contributed by atoms with van der Waals surface area (Å²) in [7, 11) is 0. The molecule has 0 aliphatic carbocycles. The molecule has 5 aromatic heterocycles. The number of hydrogen-bond donors (Lipinski definition) is 0. The van der Waals surface area contributed by atoms with Crippen molar-refractivity contribution in [1.82, 2.24) is 13.8 Å². The first kappa shape index (κ1) is 25.4. The summed E-state index contributed by atoms with van der Waals surface area (Å²) in [5.74, 6) is 0. The number of pyridine rings is 1. The summed E-state index contributed by atoms with van der Waals surface area (Å²) in [6.45, 7) is 0. The number of aromatic nitrogens is 3. The molecule has 0 bridgehead atoms. The van der Waals surface area contributed by atoms with Crippen molar-refractivity contribution >= 4 is 104 Å². The summed E-state index contributed by atoms with van der Waals surface area (Å²) in [6.07, 6.45) is 2.12. The summed E-state index contributed by atoms with van der Waals surface area (Å²) < 4.78 is 4.89. The van der Waals surface area contributed by atoms with Gasteiger partial charge < -0.3 is 9.30 Å². The number of anilines is 3. The first-order valence-electron chi connectivity index (χ1n) is 16.8. The number of benzene rings is 7. The van der Waals surface area contributed by atoms with Gasteiger partial charge in [0.05, 0.1) is 39.5 Å². The fourth-order valence-corrected chi connectivity index (χ4v) is 8.89. The second-order valence-corrected chi connectivity index (χ2v) is 13.2. The molecule has 0 amide bonds. The van der Waals surface area contributed by atoms with Crippen molar-refractivity contribution in [2.45, 2.75) is 0 Å². The number of rotatable bonds is 3. The predicted molar refractivity (Wildman–Crippen MR) is 206 cm³/mol. The summed E-state index contributed by atoms with van der Waals surface area (Å²) in [5, 5.41) is 12.5. The van der Waals surface area contributed by atoms with E-state index in [4.69, 9.17) is 4.98 Å². The molecule has 0 aliphatic rings. The zero-order valence-electron chi connectivity index (χ0n) is 26.3. The van der Waals surface area contributed by atoms with Gasteiger partial charge in [0, 0.05) is 59.9 Å². The molecule has 4 heteroatoms. The molecule has 0 aliphatic heterocycles. The SMILES string of the molecule is c1ccc(N(c2ccccc2)c2c3ccccc3cc3c4cccc5c6c7c8cccc9c%10ccccc%10n(c7ncc6n(c23)c45)c98)cc1. The largest absolute Gasteiger partial charge is 0.308 e. The lowest BCUT2D eigenvalue weighted by molar-refractivity contribution is 1.25. The molecule has 12 rings (SSSR count). The number of fused-ring (bicyclic) bond motifs is 14. The lowest BCUT2D eigenvalue weighted by Crippen LogP contribution is -2.11. The average molecular weight is 623 g/mol. The van der Waals surface area contributed by atoms with Gasteiger partial charge in [-0.05, 0) is 41.8 Å². The van der Waals surface area contributed by atoms with Gasteiger partial charge in [0.2, 0.25) is 0 Å². The van der Waals surface area contributed by atoms with Gasteiger partial charge in [-0.15, -0.1) is 0 Å². The van der Waals surface area contributed by atoms with Crippen LogP contribution < -0.4 is 4.90 Å². The molecule has 4 nitrogen and oxygen atoms in total. The Bertz CT molecular complexity index is 3220. The van der Waals surface area contributed by atoms with E-state index < -0.39 is 0 Å². The quantitative estimate of drug-likeness (QED) is 0.196. The van der Waals surface area contributed by atoms with Crippen LogP contribution in [0, 0.1) is 0 Å². The van der Waals surface area contributed by atoms with E-state index >= 15 is 0 Å². The molecule has 0 spiro atoms. The van der Waals surface area contributed by atoms with Gasteiger partial charge in [-0.3, -0.25) is 4.40 Å². The molecule has 5 heterocycles. The molecule has 0 unspecified atom stereocenters. The van der Waals surface area contributed by atoms with Crippen LogP contribution in [0.4, 0.5) is 17.1 Å². The molecule has 0 saturated carbocycles. The van der Waals surface area contributed by atoms with Crippen molar-refractivity contribution in [3.8, 4) is 0 Å². The molecule has 0 saturated heterocycles. The number of nitrogens with zero attached hydrogens (tertiary/aromatic N) is 4. The third-order valence-corrected chi connectivity index (χ3v) is 10.7. The van der Waals surface area contributed by atoms with Crippen LogP contribution in [0.15, 0.2) is 158 Å². The minimum Gasteiger partial charge on any atom is -0.308 e. The Morgan fingerprint density at radius 3 is 1.73 bits per heavy atom. The lowest BCUT2D eigenvalue weighted by Gasteiger charge is -2.28. The minimum absolute atomic E-state index is 1.01. The summed E-state index contributed by atoms with van der Waals surface area (Å²) in [5.41, 5.74) is 10.4. The Balaban J connectivity index is 1.33. The van der Waals surface area contributed by atoms with Crippen molar-refractivity contribution in [2.75, 3.05) is 4.90 Å². The molecule has 49 heavy (non-hydrogen) atoms. The Morgan fingerprint density at radius 1 is 0.408 bits per heavy atom. The Hall–Kier alpha value is -6.65. The van der Waals surface area contributed by atoms with Crippen LogP contribution in [0.3, 0.4) is 0 Å². The van der Waals surface area contributed by atoms with Gasteiger partial charge in [0.15, 0.2) is 0 Å². The van der Waals surface area contributed by atoms with Gasteiger partial charge >= 0.3 is 0 Å². The molecule has 7 aromatic carbocycles. The summed E-state index contributed by atoms with van der Waals surface area (Å²) in [6, 6.07) is 55.0.